The van der Waals surface area contributed by atoms with E-state index < -0.39 is 11.9 Å². The van der Waals surface area contributed by atoms with Gasteiger partial charge in [0.05, 0.1) is 6.42 Å². The molecule has 0 aromatic heterocycles. The topological polar surface area (TPSA) is 84.6 Å². The maximum atomic E-state index is 11.7. The zero-order chi connectivity index (χ0) is 11.5. The van der Waals surface area contributed by atoms with E-state index in [2.05, 4.69) is 10.3 Å². The van der Waals surface area contributed by atoms with Crippen molar-refractivity contribution in [2.45, 2.75) is 12.5 Å². The first-order valence-electron chi connectivity index (χ1n) is 4.88. The van der Waals surface area contributed by atoms with E-state index in [9.17, 15) is 9.59 Å². The highest BCUT2D eigenvalue weighted by Crippen LogP contribution is 2.17. The Morgan fingerprint density at radius 3 is 2.94 bits per heavy atom. The first kappa shape index (κ1) is 10.4. The van der Waals surface area contributed by atoms with Crippen molar-refractivity contribution in [3.05, 3.63) is 29.8 Å². The number of hydrogen-bond acceptors (Lipinski definition) is 3. The number of nitrogens with one attached hydrogen (secondary N) is 1. The van der Waals surface area contributed by atoms with Crippen molar-refractivity contribution in [3.8, 4) is 0 Å². The number of primary amides is 1. The Hall–Kier alpha value is -2.17. The van der Waals surface area contributed by atoms with E-state index >= 15 is 0 Å². The van der Waals surface area contributed by atoms with Gasteiger partial charge in [-0.3, -0.25) is 14.6 Å². The van der Waals surface area contributed by atoms with Crippen LogP contribution in [0.25, 0.3) is 0 Å². The normalized spacial score (nSPS) is 18.5. The van der Waals surface area contributed by atoms with Gasteiger partial charge in [0, 0.05) is 17.5 Å². The number of carbonyl (C=O) groups is 2. The molecular weight excluding hydrogens is 206 g/mol. The number of amides is 2. The van der Waals surface area contributed by atoms with Gasteiger partial charge in [0.25, 0.3) is 0 Å². The van der Waals surface area contributed by atoms with E-state index in [1.807, 2.05) is 18.2 Å². The summed E-state index contributed by atoms with van der Waals surface area (Å²) in [6.07, 6.45) is 1.51. The van der Waals surface area contributed by atoms with Gasteiger partial charge in [0.15, 0.2) is 0 Å². The Morgan fingerprint density at radius 2 is 2.19 bits per heavy atom. The molecule has 0 saturated heterocycles. The molecule has 1 aliphatic rings. The molecule has 5 heteroatoms. The van der Waals surface area contributed by atoms with E-state index in [1.54, 1.807) is 12.3 Å². The molecule has 1 heterocycles. The Kier molecular flexibility index (Phi) is 2.68. The third-order valence-electron chi connectivity index (χ3n) is 2.31. The Balaban J connectivity index is 2.28. The summed E-state index contributed by atoms with van der Waals surface area (Å²) >= 11 is 0. The summed E-state index contributed by atoms with van der Waals surface area (Å²) in [6, 6.07) is 6.56. The number of hydrogen-bond donors (Lipinski definition) is 2. The third-order valence-corrected chi connectivity index (χ3v) is 2.31. The molecule has 5 nitrogen and oxygen atoms in total. The van der Waals surface area contributed by atoms with Crippen molar-refractivity contribution in [2.24, 2.45) is 10.7 Å². The van der Waals surface area contributed by atoms with Crippen LogP contribution in [0, 0.1) is 0 Å². The average Bonchev–Trinajstić information content (AvgIpc) is 2.39. The molecule has 0 spiro atoms. The fourth-order valence-electron chi connectivity index (χ4n) is 1.51. The minimum absolute atomic E-state index is 0.0731. The van der Waals surface area contributed by atoms with Gasteiger partial charge >= 0.3 is 0 Å². The second-order valence-corrected chi connectivity index (χ2v) is 3.54. The van der Waals surface area contributed by atoms with Crippen LogP contribution in [0.15, 0.2) is 29.3 Å². The number of carbonyl (C=O) groups excluding carboxylic acids is 2. The van der Waals surface area contributed by atoms with Crippen LogP contribution in [0.3, 0.4) is 0 Å². The van der Waals surface area contributed by atoms with Crippen LogP contribution in [0.1, 0.15) is 12.0 Å². The lowest BCUT2D eigenvalue weighted by Crippen LogP contribution is -2.30. The van der Waals surface area contributed by atoms with E-state index in [0.717, 1.165) is 5.56 Å². The molecule has 1 atom stereocenters. The lowest BCUT2D eigenvalue weighted by atomic mass is 10.2. The number of aliphatic imine (C=N–C) groups is 1. The largest absolute Gasteiger partial charge is 0.370 e. The summed E-state index contributed by atoms with van der Waals surface area (Å²) in [5.74, 6) is -0.844. The van der Waals surface area contributed by atoms with Crippen molar-refractivity contribution in [1.82, 2.24) is 0 Å². The zero-order valence-corrected chi connectivity index (χ0v) is 8.51. The molecule has 0 bridgehead atoms. The number of nitrogens with two attached hydrogens (primary N) is 1. The molecule has 82 valence electrons. The molecule has 1 aliphatic heterocycles. The lowest BCUT2D eigenvalue weighted by molar-refractivity contribution is -0.123. The predicted octanol–water partition coefficient (Wildman–Crippen LogP) is 0.302. The summed E-state index contributed by atoms with van der Waals surface area (Å²) in [4.78, 5) is 26.5. The van der Waals surface area contributed by atoms with Crippen LogP contribution in [-0.4, -0.2) is 24.1 Å². The SMILES string of the molecule is NC(=O)CC1N=Cc2ccccc2NC1=O. The van der Waals surface area contributed by atoms with Crippen molar-refractivity contribution in [3.63, 3.8) is 0 Å². The molecule has 16 heavy (non-hydrogen) atoms. The number of nitrogens with zero attached hydrogens (tertiary/aromatic N) is 1. The summed E-state index contributed by atoms with van der Waals surface area (Å²) in [6.45, 7) is 0. The molecule has 2 rings (SSSR count). The molecule has 1 aromatic carbocycles. The summed E-state index contributed by atoms with van der Waals surface area (Å²) < 4.78 is 0. The Morgan fingerprint density at radius 1 is 1.44 bits per heavy atom. The maximum absolute atomic E-state index is 11.7. The fraction of sp³-hybridized carbons (Fsp3) is 0.182. The molecule has 1 aromatic rings. The lowest BCUT2D eigenvalue weighted by Gasteiger charge is -2.08. The molecule has 0 radical (unpaired) electrons. The molecular formula is C11H11N3O2. The highest BCUT2D eigenvalue weighted by atomic mass is 16.2. The maximum Gasteiger partial charge on any atom is 0.249 e. The van der Waals surface area contributed by atoms with Crippen LogP contribution >= 0.6 is 0 Å². The molecule has 1 unspecified atom stereocenters. The van der Waals surface area contributed by atoms with E-state index in [4.69, 9.17) is 5.73 Å². The second kappa shape index (κ2) is 4.14. The Labute approximate surface area is 92.4 Å². The highest BCUT2D eigenvalue weighted by Gasteiger charge is 2.22. The predicted molar refractivity (Wildman–Crippen MR) is 60.3 cm³/mol. The third kappa shape index (κ3) is 2.08. The van der Waals surface area contributed by atoms with Crippen LogP contribution < -0.4 is 11.1 Å². The minimum atomic E-state index is -0.732. The first-order valence-corrected chi connectivity index (χ1v) is 4.88. The van der Waals surface area contributed by atoms with Crippen molar-refractivity contribution < 1.29 is 9.59 Å². The van der Waals surface area contributed by atoms with Gasteiger partial charge in [0.2, 0.25) is 11.8 Å². The standard InChI is InChI=1S/C11H11N3O2/c12-10(15)5-9-11(16)14-8-4-2-1-3-7(8)6-13-9/h1-4,6,9H,5H2,(H2,12,15)(H,14,16). The summed E-state index contributed by atoms with van der Waals surface area (Å²) in [7, 11) is 0. The van der Waals surface area contributed by atoms with Crippen molar-refractivity contribution >= 4 is 23.7 Å². The van der Waals surface area contributed by atoms with Gasteiger partial charge < -0.3 is 11.1 Å². The van der Waals surface area contributed by atoms with Gasteiger partial charge in [0.1, 0.15) is 6.04 Å². The first-order chi connectivity index (χ1) is 7.66. The van der Waals surface area contributed by atoms with Crippen LogP contribution in [-0.2, 0) is 9.59 Å². The van der Waals surface area contributed by atoms with Crippen LogP contribution in [0.4, 0.5) is 5.69 Å². The van der Waals surface area contributed by atoms with Gasteiger partial charge in [-0.1, -0.05) is 18.2 Å². The molecule has 0 saturated carbocycles. The monoisotopic (exact) mass is 217 g/mol. The molecule has 3 N–H and O–H groups in total. The number of para-hydroxylation sites is 1. The number of anilines is 1. The summed E-state index contributed by atoms with van der Waals surface area (Å²) in [5, 5.41) is 2.71. The number of rotatable bonds is 2. The van der Waals surface area contributed by atoms with Gasteiger partial charge in [-0.05, 0) is 6.07 Å². The van der Waals surface area contributed by atoms with Crippen molar-refractivity contribution in [1.29, 1.82) is 0 Å². The van der Waals surface area contributed by atoms with E-state index in [0.29, 0.717) is 5.69 Å². The summed E-state index contributed by atoms with van der Waals surface area (Å²) in [5.41, 5.74) is 6.57. The number of benzodiazepines with no additional fused rings is 1. The number of benzene rings is 1. The number of fused-ring (bicyclic) bond motifs is 1. The van der Waals surface area contributed by atoms with Gasteiger partial charge in [-0.25, -0.2) is 0 Å². The fourth-order valence-corrected chi connectivity index (χ4v) is 1.51. The van der Waals surface area contributed by atoms with E-state index in [-0.39, 0.29) is 12.3 Å². The zero-order valence-electron chi connectivity index (χ0n) is 8.51. The second-order valence-electron chi connectivity index (χ2n) is 3.54. The molecule has 0 aliphatic carbocycles. The smallest absolute Gasteiger partial charge is 0.249 e. The van der Waals surface area contributed by atoms with Gasteiger partial charge in [-0.2, -0.15) is 0 Å². The molecule has 0 fully saturated rings. The van der Waals surface area contributed by atoms with Crippen LogP contribution in [0.2, 0.25) is 0 Å². The quantitative estimate of drug-likeness (QED) is 0.746. The highest BCUT2D eigenvalue weighted by molar-refractivity contribution is 6.04. The minimum Gasteiger partial charge on any atom is -0.370 e. The molecule has 2 amide bonds. The van der Waals surface area contributed by atoms with Gasteiger partial charge in [-0.15, -0.1) is 0 Å². The average molecular weight is 217 g/mol. The Bertz CT molecular complexity index is 468. The van der Waals surface area contributed by atoms with Crippen molar-refractivity contribution in [2.75, 3.05) is 5.32 Å². The van der Waals surface area contributed by atoms with E-state index in [1.165, 1.54) is 0 Å². The van der Waals surface area contributed by atoms with Crippen LogP contribution in [0.5, 0.6) is 0 Å².